The number of nitrogens with zero attached hydrogens (tertiary/aromatic N) is 2. The molecular formula is C27H26N6O3. The number of morpholine rings is 1. The van der Waals surface area contributed by atoms with Crippen LogP contribution in [-0.2, 0) is 14.3 Å². The van der Waals surface area contributed by atoms with Crippen molar-refractivity contribution >= 4 is 34.9 Å². The van der Waals surface area contributed by atoms with Crippen molar-refractivity contribution in [2.45, 2.75) is 6.17 Å². The Morgan fingerprint density at radius 2 is 1.67 bits per heavy atom. The van der Waals surface area contributed by atoms with Crippen molar-refractivity contribution in [2.24, 2.45) is 4.99 Å². The summed E-state index contributed by atoms with van der Waals surface area (Å²) in [5.41, 5.74) is 4.43. The number of amides is 1. The van der Waals surface area contributed by atoms with Gasteiger partial charge in [0.05, 0.1) is 24.6 Å². The molecule has 182 valence electrons. The molecule has 0 spiro atoms. The lowest BCUT2D eigenvalue weighted by molar-refractivity contribution is -0.117. The fourth-order valence-electron chi connectivity index (χ4n) is 4.14. The van der Waals surface area contributed by atoms with Crippen molar-refractivity contribution < 1.29 is 14.3 Å². The highest BCUT2D eigenvalue weighted by Gasteiger charge is 2.27. The molecule has 0 saturated carbocycles. The monoisotopic (exact) mass is 482 g/mol. The van der Waals surface area contributed by atoms with Crippen LogP contribution in [0.2, 0.25) is 0 Å². The Bertz CT molecular complexity index is 1300. The van der Waals surface area contributed by atoms with Crippen LogP contribution in [-0.4, -0.2) is 56.0 Å². The molecule has 0 bridgehead atoms. The molecule has 0 aromatic heterocycles. The molecule has 0 radical (unpaired) electrons. The number of benzene rings is 3. The number of hydrogen-bond donors (Lipinski definition) is 4. The van der Waals surface area contributed by atoms with Gasteiger partial charge in [-0.1, -0.05) is 48.5 Å². The summed E-state index contributed by atoms with van der Waals surface area (Å²) < 4.78 is 10.8. The van der Waals surface area contributed by atoms with Gasteiger partial charge in [-0.2, -0.15) is 0 Å². The van der Waals surface area contributed by atoms with Gasteiger partial charge in [0.2, 0.25) is 12.1 Å². The topological polar surface area (TPSA) is 123 Å². The first-order valence-corrected chi connectivity index (χ1v) is 11.7. The van der Waals surface area contributed by atoms with E-state index in [4.69, 9.17) is 20.3 Å². The highest BCUT2D eigenvalue weighted by atomic mass is 16.5. The zero-order chi connectivity index (χ0) is 24.9. The van der Waals surface area contributed by atoms with Gasteiger partial charge in [-0.05, 0) is 30.3 Å². The zero-order valence-corrected chi connectivity index (χ0v) is 19.5. The van der Waals surface area contributed by atoms with Gasteiger partial charge in [0.1, 0.15) is 0 Å². The van der Waals surface area contributed by atoms with E-state index < -0.39 is 18.1 Å². The summed E-state index contributed by atoms with van der Waals surface area (Å²) in [5, 5.41) is 22.1. The minimum absolute atomic E-state index is 0.203. The van der Waals surface area contributed by atoms with E-state index in [1.54, 1.807) is 12.1 Å². The van der Waals surface area contributed by atoms with Gasteiger partial charge in [0, 0.05) is 35.5 Å². The van der Waals surface area contributed by atoms with Gasteiger partial charge in [0.15, 0.2) is 0 Å². The maximum Gasteiger partial charge on any atom is 0.290 e. The minimum atomic E-state index is -1.11. The Hall–Kier alpha value is -4.50. The van der Waals surface area contributed by atoms with Crippen molar-refractivity contribution in [2.75, 3.05) is 36.5 Å². The second kappa shape index (κ2) is 10.4. The molecule has 1 saturated heterocycles. The predicted molar refractivity (Wildman–Crippen MR) is 139 cm³/mol. The van der Waals surface area contributed by atoms with Crippen LogP contribution >= 0.6 is 0 Å². The van der Waals surface area contributed by atoms with E-state index in [1.807, 2.05) is 66.7 Å². The summed E-state index contributed by atoms with van der Waals surface area (Å²) in [4.78, 5) is 19.8. The van der Waals surface area contributed by atoms with E-state index in [9.17, 15) is 4.79 Å². The van der Waals surface area contributed by atoms with E-state index >= 15 is 0 Å². The third kappa shape index (κ3) is 5.11. The molecule has 2 heterocycles. The summed E-state index contributed by atoms with van der Waals surface area (Å²) in [6.45, 7) is 3.02. The number of benzodiazepines with no additional fused rings is 1. The first kappa shape index (κ1) is 23.3. The van der Waals surface area contributed by atoms with Gasteiger partial charge in [0.25, 0.3) is 11.9 Å². The summed E-state index contributed by atoms with van der Waals surface area (Å²) >= 11 is 0. The van der Waals surface area contributed by atoms with E-state index in [0.29, 0.717) is 30.2 Å². The smallest absolute Gasteiger partial charge is 0.290 e. The lowest BCUT2D eigenvalue weighted by atomic mass is 10.0. The summed E-state index contributed by atoms with van der Waals surface area (Å²) in [6.07, 6.45) is -1.11. The third-order valence-corrected chi connectivity index (χ3v) is 5.97. The predicted octanol–water partition coefficient (Wildman–Crippen LogP) is 3.21. The molecule has 1 fully saturated rings. The van der Waals surface area contributed by atoms with Crippen molar-refractivity contribution in [3.8, 4) is 0 Å². The second-order valence-corrected chi connectivity index (χ2v) is 8.33. The normalized spacial score (nSPS) is 17.2. The highest BCUT2D eigenvalue weighted by Crippen LogP contribution is 2.24. The fourth-order valence-corrected chi connectivity index (χ4v) is 4.14. The van der Waals surface area contributed by atoms with Crippen molar-refractivity contribution in [1.29, 1.82) is 10.8 Å². The molecule has 2 aliphatic heterocycles. The van der Waals surface area contributed by atoms with Gasteiger partial charge in [-0.25, -0.2) is 4.99 Å². The SMILES string of the molecule is N=C(N[C@@H]1N=C(c2ccccc2)c2ccccc2NC1=O)OC(=N)c1ccc(N2CCOCC2)cc1. The number of carbonyl (C=O) groups excluding carboxylic acids is 1. The number of hydrogen-bond acceptors (Lipinski definition) is 7. The van der Waals surface area contributed by atoms with E-state index in [2.05, 4.69) is 20.5 Å². The molecule has 1 atom stereocenters. The summed E-state index contributed by atoms with van der Waals surface area (Å²) in [5.74, 6) is -0.631. The van der Waals surface area contributed by atoms with Crippen molar-refractivity contribution in [1.82, 2.24) is 5.32 Å². The van der Waals surface area contributed by atoms with Gasteiger partial charge in [-0.15, -0.1) is 0 Å². The number of para-hydroxylation sites is 1. The number of aliphatic imine (C=N–C) groups is 1. The molecule has 5 rings (SSSR count). The molecule has 3 aromatic rings. The molecular weight excluding hydrogens is 456 g/mol. The van der Waals surface area contributed by atoms with Crippen LogP contribution in [0, 0.1) is 10.8 Å². The van der Waals surface area contributed by atoms with Gasteiger partial charge < -0.3 is 25.0 Å². The van der Waals surface area contributed by atoms with Crippen molar-refractivity contribution in [3.63, 3.8) is 0 Å². The Morgan fingerprint density at radius 3 is 2.42 bits per heavy atom. The van der Waals surface area contributed by atoms with Crippen molar-refractivity contribution in [3.05, 3.63) is 95.6 Å². The van der Waals surface area contributed by atoms with Crippen LogP contribution in [0.4, 0.5) is 11.4 Å². The second-order valence-electron chi connectivity index (χ2n) is 8.33. The van der Waals surface area contributed by atoms with Crippen LogP contribution in [0.25, 0.3) is 0 Å². The maximum atomic E-state index is 12.9. The third-order valence-electron chi connectivity index (χ3n) is 5.97. The van der Waals surface area contributed by atoms with Gasteiger partial charge in [-0.3, -0.25) is 15.6 Å². The molecule has 9 nitrogen and oxygen atoms in total. The number of fused-ring (bicyclic) bond motifs is 1. The first-order chi connectivity index (χ1) is 17.6. The standard InChI is InChI=1S/C27H26N6O3/c28-24(19-10-12-20(13-11-19)33-14-16-35-17-15-33)36-27(29)32-25-26(34)30-22-9-5-4-8-21(22)23(31-25)18-6-2-1-3-7-18/h1-13,25,28H,14-17H2,(H2,29,32)(H,30,34)/t25-/m0/s1. The zero-order valence-electron chi connectivity index (χ0n) is 19.5. The maximum absolute atomic E-state index is 12.9. The Balaban J connectivity index is 1.30. The molecule has 0 unspecified atom stereocenters. The molecule has 2 aliphatic rings. The molecule has 36 heavy (non-hydrogen) atoms. The number of ether oxygens (including phenoxy) is 2. The number of nitrogens with one attached hydrogen (secondary N) is 4. The van der Waals surface area contributed by atoms with Crippen LogP contribution < -0.4 is 15.5 Å². The average Bonchev–Trinajstić information content (AvgIpc) is 3.06. The Kier molecular flexibility index (Phi) is 6.72. The molecule has 4 N–H and O–H groups in total. The van der Waals surface area contributed by atoms with E-state index in [0.717, 1.165) is 29.9 Å². The van der Waals surface area contributed by atoms with Crippen LogP contribution in [0.15, 0.2) is 83.9 Å². The summed E-state index contributed by atoms with van der Waals surface area (Å²) in [6, 6.07) is 23.9. The number of amidine groups is 1. The Morgan fingerprint density at radius 1 is 0.972 bits per heavy atom. The van der Waals surface area contributed by atoms with E-state index in [1.165, 1.54) is 0 Å². The lowest BCUT2D eigenvalue weighted by Crippen LogP contribution is -2.43. The fraction of sp³-hybridized carbons (Fsp3) is 0.185. The largest absolute Gasteiger partial charge is 0.407 e. The highest BCUT2D eigenvalue weighted by molar-refractivity contribution is 6.19. The quantitative estimate of drug-likeness (QED) is 0.336. The van der Waals surface area contributed by atoms with Crippen LogP contribution in [0.1, 0.15) is 16.7 Å². The van der Waals surface area contributed by atoms with Crippen LogP contribution in [0.3, 0.4) is 0 Å². The average molecular weight is 483 g/mol. The molecule has 3 aromatic carbocycles. The number of rotatable bonds is 4. The Labute approximate surface area is 208 Å². The minimum Gasteiger partial charge on any atom is -0.407 e. The number of carbonyl (C=O) groups is 1. The number of anilines is 2. The molecule has 9 heteroatoms. The van der Waals surface area contributed by atoms with E-state index in [-0.39, 0.29) is 5.90 Å². The lowest BCUT2D eigenvalue weighted by Gasteiger charge is -2.28. The summed E-state index contributed by atoms with van der Waals surface area (Å²) in [7, 11) is 0. The molecule has 0 aliphatic carbocycles. The molecule has 1 amide bonds. The first-order valence-electron chi connectivity index (χ1n) is 11.7. The van der Waals surface area contributed by atoms with Crippen LogP contribution in [0.5, 0.6) is 0 Å². The van der Waals surface area contributed by atoms with Gasteiger partial charge >= 0.3 is 0 Å².